The van der Waals surface area contributed by atoms with E-state index in [-0.39, 0.29) is 6.10 Å². The minimum absolute atomic E-state index is 0.139. The minimum atomic E-state index is 0.139. The number of carbonyl (C=O) groups excluding carboxylic acids is 1. The van der Waals surface area contributed by atoms with Gasteiger partial charge in [0.1, 0.15) is 6.10 Å². The molecule has 0 saturated heterocycles. The van der Waals surface area contributed by atoms with Crippen LogP contribution in [0.15, 0.2) is 0 Å². The fourth-order valence-electron chi connectivity index (χ4n) is 1.78. The van der Waals surface area contributed by atoms with Crippen molar-refractivity contribution in [1.82, 2.24) is 0 Å². The molecule has 0 aliphatic heterocycles. The maximum absolute atomic E-state index is 8.35. The van der Waals surface area contributed by atoms with Crippen molar-refractivity contribution in [3.05, 3.63) is 0 Å². The van der Waals surface area contributed by atoms with E-state index in [1.807, 2.05) is 6.92 Å². The Labute approximate surface area is 84.4 Å². The molecule has 1 unspecified atom stereocenters. The topological polar surface area (TPSA) is 73.9 Å². The molecule has 4 nitrogen and oxygen atoms in total. The van der Waals surface area contributed by atoms with Crippen LogP contribution in [0, 0.1) is 22.8 Å². The average Bonchev–Trinajstić information content (AvgIpc) is 2.21. The molecule has 0 aromatic carbocycles. The first-order chi connectivity index (χ1) is 6.76. The molecule has 0 radical (unpaired) electrons. The largest absolute Gasteiger partial charge is 0.424 e. The number of rotatable bonds is 2. The van der Waals surface area contributed by atoms with E-state index in [2.05, 4.69) is 0 Å². The van der Waals surface area contributed by atoms with E-state index in [9.17, 15) is 0 Å². The zero-order chi connectivity index (χ0) is 10.8. The van der Waals surface area contributed by atoms with Crippen LogP contribution >= 0.6 is 0 Å². The number of ether oxygens (including phenoxy) is 1. The fourth-order valence-corrected chi connectivity index (χ4v) is 1.78. The fraction of sp³-hybridized carbons (Fsp3) is 0.800. The van der Waals surface area contributed by atoms with Crippen molar-refractivity contribution >= 4 is 6.08 Å². The van der Waals surface area contributed by atoms with E-state index >= 15 is 0 Å². The Kier molecular flexibility index (Phi) is 7.49. The van der Waals surface area contributed by atoms with Crippen LogP contribution in [-0.4, -0.2) is 12.2 Å². The van der Waals surface area contributed by atoms with E-state index in [0.29, 0.717) is 5.92 Å². The third-order valence-corrected chi connectivity index (χ3v) is 2.55. The maximum Gasteiger partial charge on any atom is 0.286 e. The van der Waals surface area contributed by atoms with Crippen molar-refractivity contribution in [2.45, 2.75) is 45.1 Å². The number of hydrogen-bond acceptors (Lipinski definition) is 4. The first kappa shape index (κ1) is 12.7. The molecule has 1 rings (SSSR count). The summed E-state index contributed by atoms with van der Waals surface area (Å²) < 4.78 is 4.89. The van der Waals surface area contributed by atoms with Gasteiger partial charge in [-0.25, -0.2) is 10.2 Å². The second-order valence-electron chi connectivity index (χ2n) is 3.41. The highest BCUT2D eigenvalue weighted by Gasteiger charge is 2.20. The summed E-state index contributed by atoms with van der Waals surface area (Å²) in [5.74, 6) is 0.628. The van der Waals surface area contributed by atoms with Gasteiger partial charge in [-0.15, -0.1) is 0 Å². The average molecular weight is 196 g/mol. The summed E-state index contributed by atoms with van der Waals surface area (Å²) in [5.41, 5.74) is 0. The molecule has 0 aromatic heterocycles. The number of hydrogen-bond donors (Lipinski definition) is 1. The molecular formula is C10H16N2O2. The number of nitriles is 1. The predicted octanol–water partition coefficient (Wildman–Crippen LogP) is 2.35. The Balaban J connectivity index is 0.000000500. The molecule has 1 atom stereocenters. The normalized spacial score (nSPS) is 18.0. The lowest BCUT2D eigenvalue weighted by Crippen LogP contribution is -2.21. The number of isocyanates is 1. The second-order valence-corrected chi connectivity index (χ2v) is 3.41. The molecule has 1 N–H and O–H groups in total. The highest BCUT2D eigenvalue weighted by atomic mass is 16.5. The lowest BCUT2D eigenvalue weighted by molar-refractivity contribution is 0.0937. The molecule has 0 heterocycles. The highest BCUT2D eigenvalue weighted by Crippen LogP contribution is 2.27. The molecule has 14 heavy (non-hydrogen) atoms. The summed E-state index contributed by atoms with van der Waals surface area (Å²) >= 11 is 0. The lowest BCUT2D eigenvalue weighted by atomic mass is 9.86. The molecular weight excluding hydrogens is 180 g/mol. The van der Waals surface area contributed by atoms with Crippen LogP contribution in [-0.2, 0) is 9.53 Å². The van der Waals surface area contributed by atoms with Crippen LogP contribution < -0.4 is 0 Å². The monoisotopic (exact) mass is 196 g/mol. The van der Waals surface area contributed by atoms with Gasteiger partial charge >= 0.3 is 0 Å². The lowest BCUT2D eigenvalue weighted by Gasteiger charge is -2.25. The molecule has 1 fully saturated rings. The van der Waals surface area contributed by atoms with Gasteiger partial charge in [-0.05, 0) is 25.7 Å². The molecule has 0 bridgehead atoms. The van der Waals surface area contributed by atoms with Crippen molar-refractivity contribution in [3.63, 3.8) is 0 Å². The predicted molar refractivity (Wildman–Crippen MR) is 51.1 cm³/mol. The van der Waals surface area contributed by atoms with Gasteiger partial charge in [0.05, 0.1) is 0 Å². The first-order valence-electron chi connectivity index (χ1n) is 4.84. The maximum atomic E-state index is 8.35. The van der Waals surface area contributed by atoms with E-state index < -0.39 is 0 Å². The van der Waals surface area contributed by atoms with Gasteiger partial charge in [-0.3, -0.25) is 0 Å². The van der Waals surface area contributed by atoms with Crippen LogP contribution in [0.1, 0.15) is 39.0 Å². The van der Waals surface area contributed by atoms with Crippen LogP contribution in [0.3, 0.4) is 0 Å². The zero-order valence-corrected chi connectivity index (χ0v) is 8.45. The van der Waals surface area contributed by atoms with Crippen LogP contribution in [0.2, 0.25) is 0 Å². The highest BCUT2D eigenvalue weighted by molar-refractivity contribution is 5.26. The molecule has 0 aromatic rings. The molecule has 0 spiro atoms. The summed E-state index contributed by atoms with van der Waals surface area (Å²) in [6, 6.07) is 0. The zero-order valence-electron chi connectivity index (χ0n) is 8.45. The second kappa shape index (κ2) is 8.28. The Morgan fingerprint density at radius 2 is 1.93 bits per heavy atom. The first-order valence-corrected chi connectivity index (χ1v) is 4.84. The summed E-state index contributed by atoms with van der Waals surface area (Å²) in [6.07, 6.45) is 9.11. The van der Waals surface area contributed by atoms with E-state index in [4.69, 9.17) is 20.2 Å². The van der Waals surface area contributed by atoms with Crippen molar-refractivity contribution < 1.29 is 9.53 Å². The summed E-state index contributed by atoms with van der Waals surface area (Å²) in [4.78, 5) is 8.35. The van der Waals surface area contributed by atoms with Gasteiger partial charge in [0.25, 0.3) is 6.26 Å². The molecule has 78 valence electrons. The third-order valence-electron chi connectivity index (χ3n) is 2.55. The van der Waals surface area contributed by atoms with Crippen LogP contribution in [0.5, 0.6) is 0 Å². The van der Waals surface area contributed by atoms with Gasteiger partial charge in [-0.1, -0.05) is 19.3 Å². The van der Waals surface area contributed by atoms with E-state index in [1.54, 1.807) is 6.26 Å². The summed E-state index contributed by atoms with van der Waals surface area (Å²) in [6.45, 7) is 2.00. The molecule has 1 aliphatic carbocycles. The van der Waals surface area contributed by atoms with Gasteiger partial charge in [0.2, 0.25) is 6.08 Å². The molecule has 0 amide bonds. The SMILES string of the molecule is CC(OC#N)C1CCCCC1.N=C=O. The van der Waals surface area contributed by atoms with E-state index in [0.717, 1.165) is 6.08 Å². The van der Waals surface area contributed by atoms with Gasteiger partial charge in [0, 0.05) is 0 Å². The van der Waals surface area contributed by atoms with Gasteiger partial charge in [-0.2, -0.15) is 5.26 Å². The smallest absolute Gasteiger partial charge is 0.286 e. The Morgan fingerprint density at radius 3 is 2.36 bits per heavy atom. The molecule has 1 aliphatic rings. The number of nitrogens with zero attached hydrogens (tertiary/aromatic N) is 1. The quantitative estimate of drug-likeness (QED) is 0.418. The van der Waals surface area contributed by atoms with Crippen molar-refractivity contribution in [2.24, 2.45) is 5.92 Å². The van der Waals surface area contributed by atoms with Crippen LogP contribution in [0.4, 0.5) is 0 Å². The standard InChI is InChI=1S/C9H15NO.CHNO/c1-8(11-7-10)9-5-3-2-4-6-9;2-1-3/h8-9H,2-6H2,1H3;2H. The van der Waals surface area contributed by atoms with Crippen molar-refractivity contribution in [2.75, 3.05) is 0 Å². The Morgan fingerprint density at radius 1 is 1.43 bits per heavy atom. The minimum Gasteiger partial charge on any atom is -0.424 e. The molecule has 4 heteroatoms. The van der Waals surface area contributed by atoms with Crippen molar-refractivity contribution in [3.8, 4) is 6.26 Å². The Hall–Kier alpha value is -1.33. The van der Waals surface area contributed by atoms with Gasteiger partial charge in [0.15, 0.2) is 0 Å². The summed E-state index contributed by atoms with van der Waals surface area (Å²) in [5, 5.41) is 13.7. The van der Waals surface area contributed by atoms with Crippen molar-refractivity contribution in [1.29, 1.82) is 10.7 Å². The third kappa shape index (κ3) is 5.34. The summed E-state index contributed by atoms with van der Waals surface area (Å²) in [7, 11) is 0. The molecule has 1 saturated carbocycles. The number of nitrogens with one attached hydrogen (secondary N) is 1. The van der Waals surface area contributed by atoms with E-state index in [1.165, 1.54) is 32.1 Å². The van der Waals surface area contributed by atoms with Crippen LogP contribution in [0.25, 0.3) is 0 Å². The van der Waals surface area contributed by atoms with Gasteiger partial charge < -0.3 is 4.74 Å². The Bertz CT molecular complexity index is 211.